The van der Waals surface area contributed by atoms with Crippen LogP contribution in [0.4, 0.5) is 11.4 Å². The average Bonchev–Trinajstić information content (AvgIpc) is 2.94. The summed E-state index contributed by atoms with van der Waals surface area (Å²) in [6.45, 7) is 9.14. The van der Waals surface area contributed by atoms with Crippen molar-refractivity contribution >= 4 is 34.5 Å². The van der Waals surface area contributed by atoms with Gasteiger partial charge in [0.15, 0.2) is 0 Å². The highest BCUT2D eigenvalue weighted by Gasteiger charge is 2.54. The minimum absolute atomic E-state index is 0.293. The van der Waals surface area contributed by atoms with Crippen molar-refractivity contribution in [3.8, 4) is 5.75 Å². The van der Waals surface area contributed by atoms with Crippen molar-refractivity contribution in [1.29, 1.82) is 0 Å². The van der Waals surface area contributed by atoms with Gasteiger partial charge in [-0.2, -0.15) is 0 Å². The van der Waals surface area contributed by atoms with Crippen LogP contribution in [-0.2, 0) is 4.74 Å². The minimum Gasteiger partial charge on any atom is -0.497 e. The number of amidine groups is 1. The summed E-state index contributed by atoms with van der Waals surface area (Å²) in [5, 5.41) is 4.23. The molecule has 158 valence electrons. The van der Waals surface area contributed by atoms with Gasteiger partial charge in [-0.15, -0.1) is 0 Å². The number of hydrogen-bond acceptors (Lipinski definition) is 4. The number of aliphatic imine (C=N–C) groups is 1. The molecule has 0 amide bonds. The van der Waals surface area contributed by atoms with Crippen LogP contribution >= 0.6 is 12.2 Å². The Kier molecular flexibility index (Phi) is 5.32. The van der Waals surface area contributed by atoms with Crippen LogP contribution in [0.1, 0.15) is 37.8 Å². The van der Waals surface area contributed by atoms with Gasteiger partial charge in [0.2, 0.25) is 5.11 Å². The van der Waals surface area contributed by atoms with E-state index in [-0.39, 0.29) is 5.60 Å². The van der Waals surface area contributed by atoms with Crippen LogP contribution < -0.4 is 15.0 Å². The van der Waals surface area contributed by atoms with E-state index >= 15 is 0 Å². The molecular weight excluding hydrogens is 394 g/mol. The highest BCUT2D eigenvalue weighted by molar-refractivity contribution is 7.80. The maximum atomic E-state index is 6.08. The second kappa shape index (κ2) is 7.67. The summed E-state index contributed by atoms with van der Waals surface area (Å²) < 4.78 is 11.6. The quantitative estimate of drug-likeness (QED) is 0.683. The molecule has 5 nitrogen and oxygen atoms in total. The fourth-order valence-corrected chi connectivity index (χ4v) is 5.02. The summed E-state index contributed by atoms with van der Waals surface area (Å²) in [6, 6.07) is 14.3. The van der Waals surface area contributed by atoms with Crippen molar-refractivity contribution in [3.63, 3.8) is 0 Å². The molecule has 4 rings (SSSR count). The van der Waals surface area contributed by atoms with Crippen LogP contribution in [0.5, 0.6) is 5.75 Å². The molecule has 0 aromatic heterocycles. The number of methoxy groups -OCH3 is 1. The summed E-state index contributed by atoms with van der Waals surface area (Å²) in [7, 11) is 1.68. The maximum Gasteiger partial charge on any atom is 0.202 e. The van der Waals surface area contributed by atoms with Crippen molar-refractivity contribution in [3.05, 3.63) is 53.6 Å². The molecule has 0 radical (unpaired) electrons. The molecule has 2 aromatic carbocycles. The number of ether oxygens (including phenoxy) is 2. The molecule has 0 unspecified atom stereocenters. The lowest BCUT2D eigenvalue weighted by atomic mass is 9.79. The SMILES string of the molecule is COc1cccc(N2C(=S)N=C(Nc3c(C)cccc3C)[C@]23CCOC(C)(C)C3)c1. The molecule has 2 aliphatic rings. The Balaban J connectivity index is 1.82. The molecule has 6 heteroatoms. The number of rotatable bonds is 3. The van der Waals surface area contributed by atoms with Gasteiger partial charge in [-0.1, -0.05) is 24.3 Å². The number of nitrogens with one attached hydrogen (secondary N) is 1. The van der Waals surface area contributed by atoms with Gasteiger partial charge in [-0.25, -0.2) is 4.99 Å². The lowest BCUT2D eigenvalue weighted by Gasteiger charge is -2.48. The van der Waals surface area contributed by atoms with Crippen LogP contribution in [0.25, 0.3) is 0 Å². The molecule has 2 aromatic rings. The van der Waals surface area contributed by atoms with Gasteiger partial charge in [0.05, 0.1) is 12.7 Å². The van der Waals surface area contributed by atoms with E-state index < -0.39 is 5.54 Å². The number of aryl methyl sites for hydroxylation is 2. The van der Waals surface area contributed by atoms with E-state index in [0.29, 0.717) is 11.7 Å². The smallest absolute Gasteiger partial charge is 0.202 e. The first kappa shape index (κ1) is 20.8. The predicted molar refractivity (Wildman–Crippen MR) is 127 cm³/mol. The Bertz CT molecular complexity index is 997. The van der Waals surface area contributed by atoms with Crippen molar-refractivity contribution in [2.75, 3.05) is 23.9 Å². The molecule has 1 fully saturated rings. The molecule has 2 heterocycles. The van der Waals surface area contributed by atoms with Crippen molar-refractivity contribution < 1.29 is 9.47 Å². The van der Waals surface area contributed by atoms with E-state index in [0.717, 1.165) is 35.8 Å². The Labute approximate surface area is 184 Å². The van der Waals surface area contributed by atoms with E-state index in [9.17, 15) is 0 Å². The Morgan fingerprint density at radius 3 is 2.50 bits per heavy atom. The van der Waals surface area contributed by atoms with Gasteiger partial charge in [-0.3, -0.25) is 0 Å². The van der Waals surface area contributed by atoms with Gasteiger partial charge in [-0.05, 0) is 63.2 Å². The molecule has 0 aliphatic carbocycles. The maximum absolute atomic E-state index is 6.08. The number of hydrogen-bond donors (Lipinski definition) is 1. The zero-order chi connectivity index (χ0) is 21.5. The molecule has 1 spiro atoms. The van der Waals surface area contributed by atoms with E-state index in [1.54, 1.807) is 7.11 Å². The lowest BCUT2D eigenvalue weighted by Crippen LogP contribution is -2.60. The first-order valence-electron chi connectivity index (χ1n) is 10.3. The van der Waals surface area contributed by atoms with Gasteiger partial charge in [0, 0.05) is 36.9 Å². The highest BCUT2D eigenvalue weighted by atomic mass is 32.1. The van der Waals surface area contributed by atoms with E-state index in [1.165, 1.54) is 11.1 Å². The molecule has 1 saturated heterocycles. The van der Waals surface area contributed by atoms with E-state index in [4.69, 9.17) is 26.7 Å². The Morgan fingerprint density at radius 1 is 1.13 bits per heavy atom. The summed E-state index contributed by atoms with van der Waals surface area (Å²) in [6.07, 6.45) is 1.57. The third-order valence-electron chi connectivity index (χ3n) is 6.03. The minimum atomic E-state index is -0.403. The zero-order valence-electron chi connectivity index (χ0n) is 18.3. The molecule has 30 heavy (non-hydrogen) atoms. The zero-order valence-corrected chi connectivity index (χ0v) is 19.1. The highest BCUT2D eigenvalue weighted by Crippen LogP contribution is 2.44. The first-order valence-corrected chi connectivity index (χ1v) is 10.7. The monoisotopic (exact) mass is 423 g/mol. The summed E-state index contributed by atoms with van der Waals surface area (Å²) in [5.41, 5.74) is 3.75. The van der Waals surface area contributed by atoms with E-state index in [2.05, 4.69) is 62.2 Å². The fourth-order valence-electron chi connectivity index (χ4n) is 4.65. The van der Waals surface area contributed by atoms with Gasteiger partial charge < -0.3 is 19.7 Å². The summed E-state index contributed by atoms with van der Waals surface area (Å²) in [5.74, 6) is 1.69. The van der Waals surface area contributed by atoms with Crippen molar-refractivity contribution in [2.45, 2.75) is 51.7 Å². The van der Waals surface area contributed by atoms with Crippen LogP contribution in [0.15, 0.2) is 47.5 Å². The third kappa shape index (κ3) is 3.59. The topological polar surface area (TPSA) is 46.1 Å². The van der Waals surface area contributed by atoms with Crippen LogP contribution in [0.2, 0.25) is 0 Å². The van der Waals surface area contributed by atoms with Crippen LogP contribution in [-0.4, -0.2) is 35.8 Å². The summed E-state index contributed by atoms with van der Waals surface area (Å²) in [4.78, 5) is 7.07. The van der Waals surface area contributed by atoms with Crippen LogP contribution in [0, 0.1) is 13.8 Å². The molecule has 1 N–H and O–H groups in total. The molecule has 0 saturated carbocycles. The Morgan fingerprint density at radius 2 is 1.83 bits per heavy atom. The first-order chi connectivity index (χ1) is 14.3. The largest absolute Gasteiger partial charge is 0.497 e. The number of benzene rings is 2. The Hall–Kier alpha value is -2.44. The molecular formula is C24H29N3O2S. The molecule has 0 bridgehead atoms. The number of nitrogens with zero attached hydrogens (tertiary/aromatic N) is 2. The lowest BCUT2D eigenvalue weighted by molar-refractivity contribution is -0.0661. The van der Waals surface area contributed by atoms with Gasteiger partial charge in [0.1, 0.15) is 17.1 Å². The van der Waals surface area contributed by atoms with E-state index in [1.807, 2.05) is 18.2 Å². The number of thiocarbonyl (C=S) groups is 1. The second-order valence-corrected chi connectivity index (χ2v) is 9.10. The van der Waals surface area contributed by atoms with Gasteiger partial charge in [0.25, 0.3) is 0 Å². The summed E-state index contributed by atoms with van der Waals surface area (Å²) >= 11 is 5.81. The molecule has 2 aliphatic heterocycles. The standard InChI is InChI=1S/C24H29N3O2S/c1-16-8-6-9-17(2)20(16)25-21-24(12-13-29-23(3,4)15-24)27(22(30)26-21)18-10-7-11-19(14-18)28-5/h6-11,14H,12-13,15H2,1-5H3,(H,25,26,30)/t24-/m1/s1. The van der Waals surface area contributed by atoms with Crippen molar-refractivity contribution in [1.82, 2.24) is 0 Å². The van der Waals surface area contributed by atoms with Crippen molar-refractivity contribution in [2.24, 2.45) is 4.99 Å². The molecule has 1 atom stereocenters. The van der Waals surface area contributed by atoms with Gasteiger partial charge >= 0.3 is 0 Å². The average molecular weight is 424 g/mol. The fraction of sp³-hybridized carbons (Fsp3) is 0.417. The normalized spacial score (nSPS) is 22.9. The second-order valence-electron chi connectivity index (χ2n) is 8.74. The number of anilines is 2. The number of para-hydroxylation sites is 1. The third-order valence-corrected chi connectivity index (χ3v) is 6.30. The predicted octanol–water partition coefficient (Wildman–Crippen LogP) is 5.26. The van der Waals surface area contributed by atoms with Crippen LogP contribution in [0.3, 0.4) is 0 Å².